The first kappa shape index (κ1) is 42.8. The number of non-ortho nitro benzene ring substituents is 1. The lowest BCUT2D eigenvalue weighted by Gasteiger charge is -2.41. The maximum atomic E-state index is 13.3. The molecule has 5 unspecified atom stereocenters. The van der Waals surface area contributed by atoms with Gasteiger partial charge in [-0.25, -0.2) is 8.78 Å². The lowest BCUT2D eigenvalue weighted by atomic mass is 9.98. The third-order valence-corrected chi connectivity index (χ3v) is 8.98. The summed E-state index contributed by atoms with van der Waals surface area (Å²) >= 11 is 0. The molecule has 7 N–H and O–H groups in total. The molecule has 3 rings (SSSR count). The molecule has 1 aliphatic rings. The first-order chi connectivity index (χ1) is 24.8. The van der Waals surface area contributed by atoms with Crippen LogP contribution >= 0.6 is 0 Å². The number of aliphatic hydroxyl groups is 5. The molecular weight excluding hydrogens is 688 g/mol. The van der Waals surface area contributed by atoms with Crippen LogP contribution in [-0.2, 0) is 31.9 Å². The zero-order chi connectivity index (χ0) is 38.2. The number of nitro benzene ring substituents is 1. The van der Waals surface area contributed by atoms with Crippen LogP contribution in [0.5, 0.6) is 0 Å². The van der Waals surface area contributed by atoms with Crippen molar-refractivity contribution in [2.45, 2.75) is 127 Å². The highest BCUT2D eigenvalue weighted by Crippen LogP contribution is 2.23. The first-order valence-electron chi connectivity index (χ1n) is 17.7. The number of carbonyl (C=O) groups is 2. The molecule has 16 heteroatoms. The Labute approximate surface area is 301 Å². The van der Waals surface area contributed by atoms with Crippen LogP contribution in [0, 0.1) is 21.7 Å². The Morgan fingerprint density at radius 2 is 1.48 bits per heavy atom. The number of unbranched alkanes of at least 4 members (excludes halogenated alkanes) is 7. The summed E-state index contributed by atoms with van der Waals surface area (Å²) in [5, 5.41) is 67.9. The number of nitro groups is 1. The maximum Gasteiger partial charge on any atom is 0.269 e. The second kappa shape index (κ2) is 21.8. The lowest BCUT2D eigenvalue weighted by molar-refractivity contribution is -0.384. The Balaban J connectivity index is 1.37. The average Bonchev–Trinajstić information content (AvgIpc) is 3.11. The fourth-order valence-electron chi connectivity index (χ4n) is 5.83. The van der Waals surface area contributed by atoms with E-state index in [0.29, 0.717) is 18.4 Å². The fraction of sp³-hybridized carbons (Fsp3) is 0.611. The van der Waals surface area contributed by atoms with E-state index in [1.165, 1.54) is 37.3 Å². The fourth-order valence-corrected chi connectivity index (χ4v) is 5.83. The molecular formula is C36H51F2N3O11. The lowest BCUT2D eigenvalue weighted by Crippen LogP contribution is -2.61. The number of nitrogens with one attached hydrogen (secondary N) is 2. The number of aliphatic hydroxyl groups excluding tert-OH is 5. The molecule has 0 aromatic heterocycles. The minimum atomic E-state index is -1.72. The number of benzene rings is 2. The van der Waals surface area contributed by atoms with E-state index >= 15 is 0 Å². The summed E-state index contributed by atoms with van der Waals surface area (Å²) < 4.78 is 37.6. The highest BCUT2D eigenvalue weighted by Gasteiger charge is 2.45. The summed E-state index contributed by atoms with van der Waals surface area (Å²) in [5.41, 5.74) is 1.15. The second-order valence-electron chi connectivity index (χ2n) is 13.2. The minimum absolute atomic E-state index is 0.127. The number of hydrogen-bond acceptors (Lipinski definition) is 11. The van der Waals surface area contributed by atoms with Crippen molar-refractivity contribution >= 4 is 17.5 Å². The molecule has 14 nitrogen and oxygen atoms in total. The molecule has 8 atom stereocenters. The van der Waals surface area contributed by atoms with Gasteiger partial charge in [-0.1, -0.05) is 56.7 Å². The molecule has 290 valence electrons. The van der Waals surface area contributed by atoms with Gasteiger partial charge in [0.25, 0.3) is 5.69 Å². The summed E-state index contributed by atoms with van der Waals surface area (Å²) in [7, 11) is 0. The molecule has 2 aromatic carbocycles. The summed E-state index contributed by atoms with van der Waals surface area (Å²) in [6, 6.07) is 8.25. The van der Waals surface area contributed by atoms with Gasteiger partial charge >= 0.3 is 0 Å². The van der Waals surface area contributed by atoms with Gasteiger partial charge in [0.15, 0.2) is 17.9 Å². The van der Waals surface area contributed by atoms with E-state index in [1.807, 2.05) is 0 Å². The molecule has 0 bridgehead atoms. The zero-order valence-corrected chi connectivity index (χ0v) is 29.2. The van der Waals surface area contributed by atoms with Crippen molar-refractivity contribution in [3.8, 4) is 0 Å². The summed E-state index contributed by atoms with van der Waals surface area (Å²) in [6.45, 7) is 0.610. The van der Waals surface area contributed by atoms with Crippen LogP contribution in [-0.4, -0.2) is 104 Å². The zero-order valence-electron chi connectivity index (χ0n) is 29.2. The van der Waals surface area contributed by atoms with E-state index in [2.05, 4.69) is 10.6 Å². The number of hydrogen-bond donors (Lipinski definition) is 7. The van der Waals surface area contributed by atoms with Crippen LogP contribution < -0.4 is 10.6 Å². The SMILES string of the molecule is C[C@@H](O)[C@@H](O)[C@H](COC1OC(CNC(=O)Cc2ccc([N+](=O)[O-])cc2)C(O)C(O)C1O)NC(=O)CCCCCCCCCCc1ccc(F)c(F)c1. The maximum absolute atomic E-state index is 13.3. The van der Waals surface area contributed by atoms with E-state index < -0.39 is 78.0 Å². The monoisotopic (exact) mass is 739 g/mol. The average molecular weight is 740 g/mol. The van der Waals surface area contributed by atoms with Gasteiger partial charge in [-0.05, 0) is 49.4 Å². The van der Waals surface area contributed by atoms with Gasteiger partial charge in [0.2, 0.25) is 11.8 Å². The molecule has 0 aliphatic carbocycles. The molecule has 0 radical (unpaired) electrons. The van der Waals surface area contributed by atoms with E-state index in [-0.39, 0.29) is 31.0 Å². The van der Waals surface area contributed by atoms with Gasteiger partial charge in [-0.3, -0.25) is 19.7 Å². The van der Waals surface area contributed by atoms with Crippen LogP contribution in [0.25, 0.3) is 0 Å². The van der Waals surface area contributed by atoms with Crippen LogP contribution in [0.4, 0.5) is 14.5 Å². The third-order valence-electron chi connectivity index (χ3n) is 8.98. The normalized spacial score (nSPS) is 22.0. The highest BCUT2D eigenvalue weighted by atomic mass is 19.2. The van der Waals surface area contributed by atoms with Crippen molar-refractivity contribution < 1.29 is 58.3 Å². The molecule has 1 heterocycles. The van der Waals surface area contributed by atoms with Crippen LogP contribution in [0.2, 0.25) is 0 Å². The minimum Gasteiger partial charge on any atom is -0.391 e. The van der Waals surface area contributed by atoms with Crippen molar-refractivity contribution in [3.63, 3.8) is 0 Å². The van der Waals surface area contributed by atoms with Crippen LogP contribution in [0.15, 0.2) is 42.5 Å². The van der Waals surface area contributed by atoms with Gasteiger partial charge in [-0.2, -0.15) is 0 Å². The Kier molecular flexibility index (Phi) is 17.9. The van der Waals surface area contributed by atoms with Crippen molar-refractivity contribution in [1.82, 2.24) is 10.6 Å². The number of amides is 2. The highest BCUT2D eigenvalue weighted by molar-refractivity contribution is 5.78. The van der Waals surface area contributed by atoms with Crippen LogP contribution in [0.3, 0.4) is 0 Å². The quantitative estimate of drug-likeness (QED) is 0.0528. The van der Waals surface area contributed by atoms with Crippen molar-refractivity contribution in [1.29, 1.82) is 0 Å². The third kappa shape index (κ3) is 14.1. The molecule has 1 fully saturated rings. The standard InChI is InChI=1S/C36H51F2N3O11/c1-22(42)32(45)28(40-30(43)11-9-7-5-3-2-4-6-8-10-23-14-17-26(37)27(38)18-23)21-51-36-35(48)34(47)33(46)29(52-36)20-39-31(44)19-24-12-15-25(16-13-24)41(49)50/h12-18,22,28-29,32-36,42,45-48H,2-11,19-21H2,1H3,(H,39,44)(H,40,43)/t22-,28+,29?,32-,33?,34?,35?,36?/m1/s1. The van der Waals surface area contributed by atoms with Gasteiger partial charge in [0.05, 0.1) is 30.1 Å². The smallest absolute Gasteiger partial charge is 0.269 e. The Bertz CT molecular complexity index is 1420. The topological polar surface area (TPSA) is 221 Å². The number of nitrogens with zero attached hydrogens (tertiary/aromatic N) is 1. The number of carbonyl (C=O) groups excluding carboxylic acids is 2. The van der Waals surface area contributed by atoms with Crippen molar-refractivity contribution in [2.24, 2.45) is 0 Å². The largest absolute Gasteiger partial charge is 0.391 e. The van der Waals surface area contributed by atoms with Crippen molar-refractivity contribution in [3.05, 3.63) is 75.3 Å². The predicted molar refractivity (Wildman–Crippen MR) is 184 cm³/mol. The van der Waals surface area contributed by atoms with E-state index in [0.717, 1.165) is 56.6 Å². The molecule has 52 heavy (non-hydrogen) atoms. The number of halogens is 2. The van der Waals surface area contributed by atoms with Gasteiger partial charge < -0.3 is 45.6 Å². The Morgan fingerprint density at radius 1 is 0.865 bits per heavy atom. The molecule has 1 saturated heterocycles. The summed E-state index contributed by atoms with van der Waals surface area (Å²) in [5.74, 6) is -2.57. The molecule has 0 saturated carbocycles. The number of aryl methyl sites for hydroxylation is 1. The summed E-state index contributed by atoms with van der Waals surface area (Å²) in [4.78, 5) is 35.4. The molecule has 0 spiro atoms. The Hall–Kier alpha value is -3.64. The predicted octanol–water partition coefficient (Wildman–Crippen LogP) is 2.34. The number of rotatable bonds is 22. The molecule has 2 aromatic rings. The summed E-state index contributed by atoms with van der Waals surface area (Å²) in [6.07, 6.45) is -2.59. The van der Waals surface area contributed by atoms with Crippen LogP contribution in [0.1, 0.15) is 75.8 Å². The van der Waals surface area contributed by atoms with E-state index in [9.17, 15) is 54.0 Å². The first-order valence-corrected chi connectivity index (χ1v) is 17.7. The van der Waals surface area contributed by atoms with Gasteiger partial charge in [0, 0.05) is 25.1 Å². The van der Waals surface area contributed by atoms with Crippen molar-refractivity contribution in [2.75, 3.05) is 13.2 Å². The van der Waals surface area contributed by atoms with E-state index in [4.69, 9.17) is 9.47 Å². The van der Waals surface area contributed by atoms with Gasteiger partial charge in [-0.15, -0.1) is 0 Å². The number of ether oxygens (including phenoxy) is 2. The van der Waals surface area contributed by atoms with Gasteiger partial charge in [0.1, 0.15) is 30.5 Å². The Morgan fingerprint density at radius 3 is 2.10 bits per heavy atom. The van der Waals surface area contributed by atoms with E-state index in [1.54, 1.807) is 6.07 Å². The second-order valence-corrected chi connectivity index (χ2v) is 13.2. The molecule has 1 aliphatic heterocycles. The molecule has 2 amide bonds.